The van der Waals surface area contributed by atoms with Crippen LogP contribution in [0.15, 0.2) is 34.9 Å². The molecule has 1 aliphatic rings. The van der Waals surface area contributed by atoms with E-state index in [9.17, 15) is 9.18 Å². The maximum absolute atomic E-state index is 13.3. The van der Waals surface area contributed by atoms with Gasteiger partial charge in [0.1, 0.15) is 23.0 Å². The monoisotopic (exact) mass is 313 g/mol. The van der Waals surface area contributed by atoms with Crippen LogP contribution in [-0.4, -0.2) is 15.6 Å². The molecule has 4 rings (SSSR count). The molecule has 118 valence electrons. The van der Waals surface area contributed by atoms with Gasteiger partial charge in [-0.25, -0.2) is 4.39 Å². The van der Waals surface area contributed by atoms with Crippen molar-refractivity contribution in [2.75, 3.05) is 0 Å². The third kappa shape index (κ3) is 2.60. The van der Waals surface area contributed by atoms with E-state index in [0.717, 1.165) is 24.1 Å². The normalized spacial score (nSPS) is 14.3. The Balaban J connectivity index is 1.50. The van der Waals surface area contributed by atoms with E-state index in [1.165, 1.54) is 12.1 Å². The number of nitrogens with zero attached hydrogens (tertiary/aromatic N) is 2. The highest BCUT2D eigenvalue weighted by molar-refractivity contribution is 5.98. The van der Waals surface area contributed by atoms with Crippen LogP contribution >= 0.6 is 0 Å². The predicted octanol–water partition coefficient (Wildman–Crippen LogP) is 3.11. The second-order valence-corrected chi connectivity index (χ2v) is 5.97. The van der Waals surface area contributed by atoms with Gasteiger partial charge >= 0.3 is 0 Å². The van der Waals surface area contributed by atoms with Crippen LogP contribution in [0.4, 0.5) is 4.39 Å². The molecule has 1 aromatic carbocycles. The number of hydrogen-bond donors (Lipinski definition) is 1. The second-order valence-electron chi connectivity index (χ2n) is 5.97. The maximum atomic E-state index is 13.3. The fourth-order valence-electron chi connectivity index (χ4n) is 2.77. The molecule has 1 fully saturated rings. The lowest BCUT2D eigenvalue weighted by molar-refractivity contribution is 0.0942. The molecule has 0 bridgehead atoms. The van der Waals surface area contributed by atoms with E-state index >= 15 is 0 Å². The number of halogens is 1. The number of fused-ring (bicyclic) bond motifs is 1. The van der Waals surface area contributed by atoms with Crippen LogP contribution in [0.25, 0.3) is 10.9 Å². The Bertz CT molecular complexity index is 893. The lowest BCUT2D eigenvalue weighted by atomic mass is 10.2. The highest BCUT2D eigenvalue weighted by Gasteiger charge is 2.27. The zero-order chi connectivity index (χ0) is 16.0. The molecular formula is C17H16FN3O2. The van der Waals surface area contributed by atoms with Crippen LogP contribution in [-0.2, 0) is 13.6 Å². The third-order valence-corrected chi connectivity index (χ3v) is 4.22. The van der Waals surface area contributed by atoms with Crippen molar-refractivity contribution < 1.29 is 13.7 Å². The highest BCUT2D eigenvalue weighted by atomic mass is 19.1. The molecule has 2 heterocycles. The van der Waals surface area contributed by atoms with E-state index in [1.807, 2.05) is 6.07 Å². The Morgan fingerprint density at radius 3 is 3.00 bits per heavy atom. The minimum Gasteiger partial charge on any atom is -0.361 e. The number of benzene rings is 1. The molecule has 1 amide bonds. The molecule has 1 saturated carbocycles. The second kappa shape index (κ2) is 5.22. The van der Waals surface area contributed by atoms with Gasteiger partial charge in [-0.3, -0.25) is 4.79 Å². The summed E-state index contributed by atoms with van der Waals surface area (Å²) >= 11 is 0. The number of carbonyl (C=O) groups excluding carboxylic acids is 1. The summed E-state index contributed by atoms with van der Waals surface area (Å²) in [5, 5.41) is 7.51. The van der Waals surface area contributed by atoms with Gasteiger partial charge < -0.3 is 14.4 Å². The molecule has 1 aliphatic carbocycles. The fraction of sp³-hybridized carbons (Fsp3) is 0.294. The number of nitrogens with one attached hydrogen (secondary N) is 1. The summed E-state index contributed by atoms with van der Waals surface area (Å²) in [6.07, 6.45) is 2.29. The van der Waals surface area contributed by atoms with Crippen molar-refractivity contribution in [2.45, 2.75) is 25.3 Å². The van der Waals surface area contributed by atoms with E-state index in [0.29, 0.717) is 29.2 Å². The first-order chi connectivity index (χ1) is 11.1. The van der Waals surface area contributed by atoms with E-state index < -0.39 is 0 Å². The molecule has 6 heteroatoms. The van der Waals surface area contributed by atoms with Gasteiger partial charge in [0.05, 0.1) is 6.54 Å². The Labute approximate surface area is 132 Å². The van der Waals surface area contributed by atoms with Crippen molar-refractivity contribution in [1.29, 1.82) is 0 Å². The zero-order valence-corrected chi connectivity index (χ0v) is 12.7. The van der Waals surface area contributed by atoms with E-state index in [-0.39, 0.29) is 11.7 Å². The molecule has 1 N–H and O–H groups in total. The first kappa shape index (κ1) is 14.0. The lowest BCUT2D eigenvalue weighted by Gasteiger charge is -2.04. The molecular weight excluding hydrogens is 297 g/mol. The topological polar surface area (TPSA) is 60.1 Å². The van der Waals surface area contributed by atoms with Crippen LogP contribution in [0.3, 0.4) is 0 Å². The Hall–Kier alpha value is -2.63. The smallest absolute Gasteiger partial charge is 0.268 e. The van der Waals surface area contributed by atoms with Gasteiger partial charge in [0, 0.05) is 29.9 Å². The first-order valence-corrected chi connectivity index (χ1v) is 7.60. The molecule has 0 saturated heterocycles. The summed E-state index contributed by atoms with van der Waals surface area (Å²) in [6, 6.07) is 8.06. The average Bonchev–Trinajstić information content (AvgIpc) is 3.19. The summed E-state index contributed by atoms with van der Waals surface area (Å²) < 4.78 is 20.3. The molecule has 2 aromatic heterocycles. The minimum atomic E-state index is -0.315. The standard InChI is InChI=1S/C17H16FN3O2/c1-21-14-5-4-12(18)6-11(14)7-15(21)17(22)19-9-13-8-16(23-20-13)10-2-3-10/h4-8,10H,2-3,9H2,1H3,(H,19,22). The molecule has 0 atom stereocenters. The van der Waals surface area contributed by atoms with Gasteiger partial charge in [-0.1, -0.05) is 5.16 Å². The van der Waals surface area contributed by atoms with Crippen molar-refractivity contribution in [3.63, 3.8) is 0 Å². The number of amides is 1. The fourth-order valence-corrected chi connectivity index (χ4v) is 2.77. The van der Waals surface area contributed by atoms with Gasteiger partial charge in [-0.2, -0.15) is 0 Å². The van der Waals surface area contributed by atoms with E-state index in [4.69, 9.17) is 4.52 Å². The quantitative estimate of drug-likeness (QED) is 0.805. The lowest BCUT2D eigenvalue weighted by Crippen LogP contribution is -2.24. The van der Waals surface area contributed by atoms with Crippen molar-refractivity contribution >= 4 is 16.8 Å². The maximum Gasteiger partial charge on any atom is 0.268 e. The van der Waals surface area contributed by atoms with Gasteiger partial charge in [-0.15, -0.1) is 0 Å². The molecule has 5 nitrogen and oxygen atoms in total. The molecule has 0 radical (unpaired) electrons. The molecule has 0 aliphatic heterocycles. The van der Waals surface area contributed by atoms with Crippen LogP contribution in [0.5, 0.6) is 0 Å². The highest BCUT2D eigenvalue weighted by Crippen LogP contribution is 2.40. The van der Waals surface area contributed by atoms with E-state index in [1.54, 1.807) is 23.7 Å². The minimum absolute atomic E-state index is 0.222. The molecule has 0 spiro atoms. The van der Waals surface area contributed by atoms with Crippen molar-refractivity contribution in [3.8, 4) is 0 Å². The van der Waals surface area contributed by atoms with Crippen LogP contribution in [0.2, 0.25) is 0 Å². The summed E-state index contributed by atoms with van der Waals surface area (Å²) in [4.78, 5) is 12.4. The van der Waals surface area contributed by atoms with Gasteiger partial charge in [0.25, 0.3) is 5.91 Å². The van der Waals surface area contributed by atoms with Crippen molar-refractivity contribution in [1.82, 2.24) is 15.0 Å². The number of hydrogen-bond acceptors (Lipinski definition) is 3. The largest absolute Gasteiger partial charge is 0.361 e. The first-order valence-electron chi connectivity index (χ1n) is 7.60. The molecule has 23 heavy (non-hydrogen) atoms. The summed E-state index contributed by atoms with van der Waals surface area (Å²) in [6.45, 7) is 0.310. The van der Waals surface area contributed by atoms with Crippen LogP contribution < -0.4 is 5.32 Å². The summed E-state index contributed by atoms with van der Waals surface area (Å²) in [5.74, 6) is 0.861. The Kier molecular flexibility index (Phi) is 3.18. The van der Waals surface area contributed by atoms with Gasteiger partial charge in [0.2, 0.25) is 0 Å². The van der Waals surface area contributed by atoms with Gasteiger partial charge in [-0.05, 0) is 37.1 Å². The third-order valence-electron chi connectivity index (χ3n) is 4.22. The van der Waals surface area contributed by atoms with E-state index in [2.05, 4.69) is 10.5 Å². The van der Waals surface area contributed by atoms with Crippen molar-refractivity contribution in [3.05, 3.63) is 53.3 Å². The van der Waals surface area contributed by atoms with Crippen LogP contribution in [0.1, 0.15) is 40.7 Å². The molecule has 3 aromatic rings. The summed E-state index contributed by atoms with van der Waals surface area (Å²) in [5.41, 5.74) is 2.01. The molecule has 0 unspecified atom stereocenters. The number of aromatic nitrogens is 2. The Morgan fingerprint density at radius 1 is 1.39 bits per heavy atom. The zero-order valence-electron chi connectivity index (χ0n) is 12.7. The average molecular weight is 313 g/mol. The van der Waals surface area contributed by atoms with Gasteiger partial charge in [0.15, 0.2) is 0 Å². The predicted molar refractivity (Wildman–Crippen MR) is 82.5 cm³/mol. The van der Waals surface area contributed by atoms with Crippen molar-refractivity contribution in [2.24, 2.45) is 7.05 Å². The number of rotatable bonds is 4. The summed E-state index contributed by atoms with van der Waals surface area (Å²) in [7, 11) is 1.79. The Morgan fingerprint density at radius 2 is 2.22 bits per heavy atom. The number of aryl methyl sites for hydroxylation is 1. The SMILES string of the molecule is Cn1c(C(=O)NCc2cc(C3CC3)on2)cc2cc(F)ccc21. The number of carbonyl (C=O) groups is 1. The van der Waals surface area contributed by atoms with Crippen LogP contribution in [0, 0.1) is 5.82 Å².